The van der Waals surface area contributed by atoms with Gasteiger partial charge in [0, 0.05) is 39.2 Å². The SMILES string of the molecule is CC(=O)Nc1cc(C(=O)N2CC[C@@H](Nc3ncc(Cl)cn3)C2)nn1C. The summed E-state index contributed by atoms with van der Waals surface area (Å²) in [6.45, 7) is 2.54. The van der Waals surface area contributed by atoms with E-state index in [0.29, 0.717) is 35.6 Å². The summed E-state index contributed by atoms with van der Waals surface area (Å²) in [5.74, 6) is 0.581. The number of carbonyl (C=O) groups excluding carboxylic acids is 2. The molecular weight excluding hydrogens is 346 g/mol. The molecule has 0 aromatic carbocycles. The van der Waals surface area contributed by atoms with Gasteiger partial charge in [-0.1, -0.05) is 11.6 Å². The van der Waals surface area contributed by atoms with E-state index in [1.54, 1.807) is 18.0 Å². The molecule has 2 N–H and O–H groups in total. The maximum Gasteiger partial charge on any atom is 0.274 e. The van der Waals surface area contributed by atoms with Gasteiger partial charge in [0.05, 0.1) is 17.4 Å². The number of nitrogens with one attached hydrogen (secondary N) is 2. The quantitative estimate of drug-likeness (QED) is 0.844. The third-order valence-corrected chi connectivity index (χ3v) is 4.03. The second-order valence-electron chi connectivity index (χ2n) is 5.83. The fraction of sp³-hybridized carbons (Fsp3) is 0.400. The Morgan fingerprint density at radius 2 is 2.04 bits per heavy atom. The zero-order chi connectivity index (χ0) is 18.0. The zero-order valence-electron chi connectivity index (χ0n) is 13.9. The number of hydrogen-bond acceptors (Lipinski definition) is 6. The largest absolute Gasteiger partial charge is 0.350 e. The topological polar surface area (TPSA) is 105 Å². The van der Waals surface area contributed by atoms with Crippen molar-refractivity contribution in [3.63, 3.8) is 0 Å². The van der Waals surface area contributed by atoms with Crippen molar-refractivity contribution in [2.24, 2.45) is 7.05 Å². The van der Waals surface area contributed by atoms with Crippen molar-refractivity contribution in [3.05, 3.63) is 29.2 Å². The van der Waals surface area contributed by atoms with E-state index in [2.05, 4.69) is 25.7 Å². The molecule has 1 saturated heterocycles. The number of rotatable bonds is 4. The van der Waals surface area contributed by atoms with E-state index in [1.165, 1.54) is 24.0 Å². The summed E-state index contributed by atoms with van der Waals surface area (Å²) in [4.78, 5) is 33.7. The molecule has 10 heteroatoms. The Balaban J connectivity index is 1.62. The van der Waals surface area contributed by atoms with Crippen LogP contribution >= 0.6 is 11.6 Å². The van der Waals surface area contributed by atoms with Crippen LogP contribution in [0.4, 0.5) is 11.8 Å². The van der Waals surface area contributed by atoms with Gasteiger partial charge in [0.15, 0.2) is 5.69 Å². The highest BCUT2D eigenvalue weighted by atomic mass is 35.5. The predicted octanol–water partition coefficient (Wildman–Crippen LogP) is 1.15. The number of carbonyl (C=O) groups is 2. The Hall–Kier alpha value is -2.68. The van der Waals surface area contributed by atoms with Crippen LogP contribution in [0.2, 0.25) is 5.02 Å². The van der Waals surface area contributed by atoms with Crippen LogP contribution < -0.4 is 10.6 Å². The number of anilines is 2. The van der Waals surface area contributed by atoms with E-state index in [1.807, 2.05) is 0 Å². The molecule has 3 rings (SSSR count). The lowest BCUT2D eigenvalue weighted by molar-refractivity contribution is -0.114. The predicted molar refractivity (Wildman–Crippen MR) is 92.5 cm³/mol. The first-order valence-electron chi connectivity index (χ1n) is 7.77. The number of aromatic nitrogens is 4. The second kappa shape index (κ2) is 7.06. The Bertz CT molecular complexity index is 790. The molecule has 0 unspecified atom stereocenters. The molecule has 0 saturated carbocycles. The molecule has 25 heavy (non-hydrogen) atoms. The number of hydrogen-bond donors (Lipinski definition) is 2. The van der Waals surface area contributed by atoms with Crippen molar-refractivity contribution < 1.29 is 9.59 Å². The molecule has 2 amide bonds. The van der Waals surface area contributed by atoms with E-state index >= 15 is 0 Å². The number of halogens is 1. The van der Waals surface area contributed by atoms with Crippen molar-refractivity contribution in [2.75, 3.05) is 23.7 Å². The lowest BCUT2D eigenvalue weighted by Crippen LogP contribution is -2.32. The monoisotopic (exact) mass is 363 g/mol. The van der Waals surface area contributed by atoms with E-state index in [-0.39, 0.29) is 17.9 Å². The Kier molecular flexibility index (Phi) is 4.84. The molecule has 132 valence electrons. The summed E-state index contributed by atoms with van der Waals surface area (Å²) in [5, 5.41) is 10.5. The minimum atomic E-state index is -0.213. The van der Waals surface area contributed by atoms with Crippen LogP contribution in [-0.2, 0) is 11.8 Å². The van der Waals surface area contributed by atoms with Gasteiger partial charge in [-0.25, -0.2) is 9.97 Å². The molecule has 0 radical (unpaired) electrons. The van der Waals surface area contributed by atoms with Gasteiger partial charge in [0.1, 0.15) is 5.82 Å². The van der Waals surface area contributed by atoms with E-state index in [4.69, 9.17) is 11.6 Å². The zero-order valence-corrected chi connectivity index (χ0v) is 14.6. The highest BCUT2D eigenvalue weighted by Gasteiger charge is 2.29. The summed E-state index contributed by atoms with van der Waals surface area (Å²) in [6, 6.07) is 1.64. The minimum Gasteiger partial charge on any atom is -0.350 e. The van der Waals surface area contributed by atoms with Crippen LogP contribution in [0.3, 0.4) is 0 Å². The molecule has 3 heterocycles. The highest BCUT2D eigenvalue weighted by Crippen LogP contribution is 2.18. The first-order valence-corrected chi connectivity index (χ1v) is 8.15. The van der Waals surface area contributed by atoms with Crippen molar-refractivity contribution in [1.29, 1.82) is 0 Å². The average Bonchev–Trinajstić information content (AvgIpc) is 3.16. The molecule has 1 fully saturated rings. The Labute approximate surface area is 149 Å². The van der Waals surface area contributed by atoms with Gasteiger partial charge in [-0.15, -0.1) is 0 Å². The third-order valence-electron chi connectivity index (χ3n) is 3.83. The van der Waals surface area contributed by atoms with Gasteiger partial charge in [-0.05, 0) is 6.42 Å². The van der Waals surface area contributed by atoms with Crippen molar-refractivity contribution >= 4 is 35.2 Å². The van der Waals surface area contributed by atoms with Crippen LogP contribution in [0.15, 0.2) is 18.5 Å². The molecule has 9 nitrogen and oxygen atoms in total. The average molecular weight is 364 g/mol. The van der Waals surface area contributed by atoms with Crippen molar-refractivity contribution in [1.82, 2.24) is 24.6 Å². The second-order valence-corrected chi connectivity index (χ2v) is 6.26. The summed E-state index contributed by atoms with van der Waals surface area (Å²) in [6.07, 6.45) is 3.82. The lowest BCUT2D eigenvalue weighted by atomic mass is 10.3. The van der Waals surface area contributed by atoms with Gasteiger partial charge in [0.25, 0.3) is 5.91 Å². The molecule has 0 spiro atoms. The number of amides is 2. The number of nitrogens with zero attached hydrogens (tertiary/aromatic N) is 5. The highest BCUT2D eigenvalue weighted by molar-refractivity contribution is 6.30. The standard InChI is InChI=1S/C15H18ClN7O2/c1-9(24)19-13-5-12(21-22(13)2)14(25)23-4-3-11(8-23)20-15-17-6-10(16)7-18-15/h5-7,11H,3-4,8H2,1-2H3,(H,19,24)(H,17,18,20)/t11-/m1/s1. The van der Waals surface area contributed by atoms with Crippen LogP contribution in [0.1, 0.15) is 23.8 Å². The van der Waals surface area contributed by atoms with Crippen LogP contribution in [0.5, 0.6) is 0 Å². The van der Waals surface area contributed by atoms with Crippen LogP contribution in [0, 0.1) is 0 Å². The summed E-state index contributed by atoms with van der Waals surface area (Å²) >= 11 is 5.77. The van der Waals surface area contributed by atoms with Gasteiger partial charge in [-0.3, -0.25) is 14.3 Å². The molecule has 1 aliphatic rings. The first-order chi connectivity index (χ1) is 11.9. The van der Waals surface area contributed by atoms with Gasteiger partial charge < -0.3 is 15.5 Å². The third kappa shape index (κ3) is 4.05. The fourth-order valence-corrected chi connectivity index (χ4v) is 2.76. The van der Waals surface area contributed by atoms with Gasteiger partial charge in [0.2, 0.25) is 11.9 Å². The smallest absolute Gasteiger partial charge is 0.274 e. The summed E-state index contributed by atoms with van der Waals surface area (Å²) < 4.78 is 1.47. The van der Waals surface area contributed by atoms with E-state index in [0.717, 1.165) is 6.42 Å². The van der Waals surface area contributed by atoms with Gasteiger partial charge >= 0.3 is 0 Å². The molecular formula is C15H18ClN7O2. The van der Waals surface area contributed by atoms with Crippen LogP contribution in [0.25, 0.3) is 0 Å². The van der Waals surface area contributed by atoms with Crippen LogP contribution in [-0.4, -0.2) is 55.6 Å². The minimum absolute atomic E-state index is 0.0589. The number of aryl methyl sites for hydroxylation is 1. The molecule has 2 aromatic heterocycles. The first kappa shape index (κ1) is 17.2. The number of likely N-dealkylation sites (tertiary alicyclic amines) is 1. The molecule has 1 aliphatic heterocycles. The molecule has 2 aromatic rings. The fourth-order valence-electron chi connectivity index (χ4n) is 2.66. The molecule has 0 aliphatic carbocycles. The Morgan fingerprint density at radius 1 is 1.32 bits per heavy atom. The summed E-state index contributed by atoms with van der Waals surface area (Å²) in [7, 11) is 1.67. The Morgan fingerprint density at radius 3 is 2.72 bits per heavy atom. The maximum atomic E-state index is 12.6. The normalized spacial score (nSPS) is 16.8. The lowest BCUT2D eigenvalue weighted by Gasteiger charge is -2.15. The maximum absolute atomic E-state index is 12.6. The van der Waals surface area contributed by atoms with E-state index in [9.17, 15) is 9.59 Å². The van der Waals surface area contributed by atoms with Gasteiger partial charge in [-0.2, -0.15) is 5.10 Å². The van der Waals surface area contributed by atoms with E-state index < -0.39 is 0 Å². The van der Waals surface area contributed by atoms with Crippen molar-refractivity contribution in [3.8, 4) is 0 Å². The summed E-state index contributed by atoms with van der Waals surface area (Å²) in [5.41, 5.74) is 0.301. The molecule has 0 bridgehead atoms. The molecule has 1 atom stereocenters. The van der Waals surface area contributed by atoms with Crippen molar-refractivity contribution in [2.45, 2.75) is 19.4 Å².